The number of aromatic nitrogens is 5. The van der Waals surface area contributed by atoms with Crippen molar-refractivity contribution in [1.29, 1.82) is 0 Å². The number of rotatable bonds is 4. The third-order valence-corrected chi connectivity index (χ3v) is 6.55. The second kappa shape index (κ2) is 8.72. The Morgan fingerprint density at radius 3 is 2.45 bits per heavy atom. The van der Waals surface area contributed by atoms with Crippen LogP contribution in [-0.2, 0) is 9.59 Å². The molecule has 0 unspecified atom stereocenters. The highest BCUT2D eigenvalue weighted by atomic mass is 19.1. The summed E-state index contributed by atoms with van der Waals surface area (Å²) in [6.07, 6.45) is 10.5. The van der Waals surface area contributed by atoms with Crippen LogP contribution in [0.15, 0.2) is 24.8 Å². The van der Waals surface area contributed by atoms with Gasteiger partial charge in [0.05, 0.1) is 35.1 Å². The highest BCUT2D eigenvalue weighted by Crippen LogP contribution is 2.27. The number of fused-ring (bicyclic) bond motifs is 1. The third-order valence-electron chi connectivity index (χ3n) is 6.55. The molecule has 1 aliphatic carbocycles. The monoisotopic (exact) mass is 453 g/mol. The highest BCUT2D eigenvalue weighted by molar-refractivity contribution is 6.45. The van der Waals surface area contributed by atoms with E-state index in [0.29, 0.717) is 13.1 Å². The predicted octanol–water partition coefficient (Wildman–Crippen LogP) is 1.72. The average Bonchev–Trinajstić information content (AvgIpc) is 3.55. The summed E-state index contributed by atoms with van der Waals surface area (Å²) < 4.78 is 16.0. The number of pyridine rings is 1. The van der Waals surface area contributed by atoms with Crippen molar-refractivity contribution in [3.05, 3.63) is 36.2 Å². The first kappa shape index (κ1) is 21.2. The van der Waals surface area contributed by atoms with E-state index in [4.69, 9.17) is 0 Å². The fraction of sp³-hybridized carbons (Fsp3) is 0.455. The van der Waals surface area contributed by atoms with E-state index >= 15 is 0 Å². The summed E-state index contributed by atoms with van der Waals surface area (Å²) in [4.78, 5) is 48.8. The molecule has 1 aliphatic heterocycles. The lowest BCUT2D eigenvalue weighted by Crippen LogP contribution is -2.53. The number of halogens is 1. The van der Waals surface area contributed by atoms with Crippen LogP contribution in [0.3, 0.4) is 0 Å². The fourth-order valence-electron chi connectivity index (χ4n) is 4.77. The summed E-state index contributed by atoms with van der Waals surface area (Å²) in [6, 6.07) is 0. The van der Waals surface area contributed by atoms with E-state index in [-0.39, 0.29) is 47.2 Å². The summed E-state index contributed by atoms with van der Waals surface area (Å²) in [5.74, 6) is -1.73. The Morgan fingerprint density at radius 1 is 1.03 bits per heavy atom. The van der Waals surface area contributed by atoms with Crippen LogP contribution in [0, 0.1) is 11.7 Å². The van der Waals surface area contributed by atoms with Crippen molar-refractivity contribution in [2.75, 3.05) is 26.2 Å². The van der Waals surface area contributed by atoms with Crippen LogP contribution in [-0.4, -0.2) is 78.5 Å². The molecule has 2 fully saturated rings. The Bertz CT molecular complexity index is 1190. The topological polar surface area (TPSA) is 117 Å². The number of carbonyl (C=O) groups excluding carboxylic acids is 3. The second-order valence-corrected chi connectivity index (χ2v) is 8.51. The molecule has 3 aromatic rings. The summed E-state index contributed by atoms with van der Waals surface area (Å²) in [6.45, 7) is 1.35. The van der Waals surface area contributed by atoms with Gasteiger partial charge in [-0.1, -0.05) is 24.5 Å². The van der Waals surface area contributed by atoms with E-state index < -0.39 is 17.5 Å². The van der Waals surface area contributed by atoms with Gasteiger partial charge >= 0.3 is 0 Å². The van der Waals surface area contributed by atoms with Crippen molar-refractivity contribution >= 4 is 28.5 Å². The molecule has 0 spiro atoms. The van der Waals surface area contributed by atoms with Gasteiger partial charge in [0, 0.05) is 38.3 Å². The number of Topliss-reactive ketones (excluding diaryl/α,β-unsaturated/α-hetero) is 1. The minimum absolute atomic E-state index is 0.0139. The Kier molecular flexibility index (Phi) is 5.61. The molecule has 2 amide bonds. The normalized spacial score (nSPS) is 17.5. The minimum Gasteiger partial charge on any atom is -0.357 e. The standard InChI is InChI=1S/C22H24FN7O3/c23-16-13-25-20(30-7-6-26-27-30)18-17(16)15(12-24-18)19(31)22(33)29-10-8-28(9-11-29)21(32)14-4-2-1-3-5-14/h6-7,12-14,24H,1-5,8-11H2. The molecular weight excluding hydrogens is 429 g/mol. The number of piperazine rings is 1. The first-order valence-electron chi connectivity index (χ1n) is 11.2. The van der Waals surface area contributed by atoms with Crippen molar-refractivity contribution in [2.24, 2.45) is 5.92 Å². The smallest absolute Gasteiger partial charge is 0.295 e. The molecule has 172 valence electrons. The molecule has 0 atom stereocenters. The van der Waals surface area contributed by atoms with Gasteiger partial charge in [-0.25, -0.2) is 14.1 Å². The molecule has 33 heavy (non-hydrogen) atoms. The van der Waals surface area contributed by atoms with Gasteiger partial charge in [0.2, 0.25) is 5.91 Å². The first-order valence-corrected chi connectivity index (χ1v) is 11.2. The van der Waals surface area contributed by atoms with Crippen LogP contribution in [0.1, 0.15) is 42.5 Å². The maximum atomic E-state index is 14.6. The molecule has 10 nitrogen and oxygen atoms in total. The zero-order valence-corrected chi connectivity index (χ0v) is 18.0. The summed E-state index contributed by atoms with van der Waals surface area (Å²) >= 11 is 0. The Labute approximate surface area is 188 Å². The SMILES string of the molecule is O=C(C(=O)N1CCN(C(=O)C2CCCCC2)CC1)c1c[nH]c2c(-n3ccnn3)ncc(F)c12. The highest BCUT2D eigenvalue weighted by Gasteiger charge is 2.33. The predicted molar refractivity (Wildman–Crippen MR) is 115 cm³/mol. The molecule has 1 saturated heterocycles. The summed E-state index contributed by atoms with van der Waals surface area (Å²) in [5.41, 5.74) is 0.191. The largest absolute Gasteiger partial charge is 0.357 e. The minimum atomic E-state index is -0.803. The number of nitrogens with zero attached hydrogens (tertiary/aromatic N) is 6. The van der Waals surface area contributed by atoms with Crippen molar-refractivity contribution in [2.45, 2.75) is 32.1 Å². The van der Waals surface area contributed by atoms with Gasteiger partial charge in [0.15, 0.2) is 11.6 Å². The quantitative estimate of drug-likeness (QED) is 0.475. The van der Waals surface area contributed by atoms with Gasteiger partial charge in [-0.15, -0.1) is 5.10 Å². The number of ketones is 1. The van der Waals surface area contributed by atoms with Crippen LogP contribution < -0.4 is 0 Å². The van der Waals surface area contributed by atoms with Crippen LogP contribution >= 0.6 is 0 Å². The molecule has 4 heterocycles. The van der Waals surface area contributed by atoms with Gasteiger partial charge in [-0.3, -0.25) is 14.4 Å². The number of nitrogens with one attached hydrogen (secondary N) is 1. The molecule has 3 aromatic heterocycles. The van der Waals surface area contributed by atoms with E-state index in [1.54, 1.807) is 11.1 Å². The van der Waals surface area contributed by atoms with Crippen molar-refractivity contribution < 1.29 is 18.8 Å². The number of amides is 2. The van der Waals surface area contributed by atoms with Crippen molar-refractivity contribution in [3.63, 3.8) is 0 Å². The molecule has 2 aliphatic rings. The van der Waals surface area contributed by atoms with E-state index in [0.717, 1.165) is 31.9 Å². The Morgan fingerprint density at radius 2 is 1.76 bits per heavy atom. The van der Waals surface area contributed by atoms with Crippen LogP contribution in [0.25, 0.3) is 16.7 Å². The van der Waals surface area contributed by atoms with Gasteiger partial charge in [0.25, 0.3) is 11.7 Å². The molecule has 1 N–H and O–H groups in total. The number of H-pyrrole nitrogens is 1. The lowest BCUT2D eigenvalue weighted by atomic mass is 9.88. The maximum absolute atomic E-state index is 14.6. The lowest BCUT2D eigenvalue weighted by Gasteiger charge is -2.36. The molecule has 0 bridgehead atoms. The number of hydrogen-bond donors (Lipinski definition) is 1. The lowest BCUT2D eigenvalue weighted by molar-refractivity contribution is -0.141. The number of carbonyl (C=O) groups is 3. The fourth-order valence-corrected chi connectivity index (χ4v) is 4.77. The molecule has 1 saturated carbocycles. The zero-order valence-electron chi connectivity index (χ0n) is 18.0. The molecule has 11 heteroatoms. The van der Waals surface area contributed by atoms with Gasteiger partial charge in [-0.2, -0.15) is 0 Å². The molecular formula is C22H24FN7O3. The van der Waals surface area contributed by atoms with E-state index in [9.17, 15) is 18.8 Å². The number of hydrogen-bond acceptors (Lipinski definition) is 6. The first-order chi connectivity index (χ1) is 16.0. The zero-order chi connectivity index (χ0) is 22.9. The van der Waals surface area contributed by atoms with Crippen LogP contribution in [0.2, 0.25) is 0 Å². The van der Waals surface area contributed by atoms with Gasteiger partial charge in [0.1, 0.15) is 0 Å². The van der Waals surface area contributed by atoms with Crippen LogP contribution in [0.5, 0.6) is 0 Å². The second-order valence-electron chi connectivity index (χ2n) is 8.51. The molecule has 0 aromatic carbocycles. The van der Waals surface area contributed by atoms with E-state index in [2.05, 4.69) is 20.3 Å². The molecule has 5 rings (SSSR count). The number of aromatic amines is 1. The Hall–Kier alpha value is -3.63. The summed E-state index contributed by atoms with van der Waals surface area (Å²) in [5, 5.41) is 7.56. The van der Waals surface area contributed by atoms with Crippen molar-refractivity contribution in [1.82, 2.24) is 34.8 Å². The average molecular weight is 453 g/mol. The Balaban J connectivity index is 1.31. The van der Waals surface area contributed by atoms with Gasteiger partial charge < -0.3 is 14.8 Å². The van der Waals surface area contributed by atoms with Crippen molar-refractivity contribution in [3.8, 4) is 5.82 Å². The summed E-state index contributed by atoms with van der Waals surface area (Å²) in [7, 11) is 0. The molecule has 0 radical (unpaired) electrons. The maximum Gasteiger partial charge on any atom is 0.295 e. The van der Waals surface area contributed by atoms with Gasteiger partial charge in [-0.05, 0) is 12.8 Å². The van der Waals surface area contributed by atoms with E-state index in [1.165, 1.54) is 28.4 Å². The third kappa shape index (κ3) is 3.87. The van der Waals surface area contributed by atoms with E-state index in [1.807, 2.05) is 0 Å². The van der Waals surface area contributed by atoms with Crippen LogP contribution in [0.4, 0.5) is 4.39 Å².